The highest BCUT2D eigenvalue weighted by Gasteiger charge is 2.20. The van der Waals surface area contributed by atoms with Crippen molar-refractivity contribution in [1.82, 2.24) is 15.5 Å². The molecule has 6 nitrogen and oxygen atoms in total. The molecule has 0 amide bonds. The minimum Gasteiger partial charge on any atom is -0.316 e. The molecule has 108 valence electrons. The molecule has 0 bridgehead atoms. The summed E-state index contributed by atoms with van der Waals surface area (Å²) in [5.41, 5.74) is 1.31. The van der Waals surface area contributed by atoms with Crippen LogP contribution in [0.2, 0.25) is 0 Å². The summed E-state index contributed by atoms with van der Waals surface area (Å²) in [4.78, 5) is 0. The van der Waals surface area contributed by atoms with Gasteiger partial charge in [-0.3, -0.25) is 9.82 Å². The lowest BCUT2D eigenvalue weighted by atomic mass is 10.2. The van der Waals surface area contributed by atoms with Gasteiger partial charge in [-0.15, -0.1) is 0 Å². The van der Waals surface area contributed by atoms with Gasteiger partial charge < -0.3 is 5.32 Å². The van der Waals surface area contributed by atoms with Crippen molar-refractivity contribution in [2.75, 3.05) is 11.8 Å². The number of rotatable bonds is 5. The quantitative estimate of drug-likeness (QED) is 0.778. The lowest BCUT2D eigenvalue weighted by Crippen LogP contribution is -2.17. The van der Waals surface area contributed by atoms with Crippen LogP contribution in [0.3, 0.4) is 0 Å². The molecule has 0 aliphatic heterocycles. The number of hydrogen-bond acceptors (Lipinski definition) is 4. The van der Waals surface area contributed by atoms with E-state index in [0.29, 0.717) is 17.7 Å². The SMILES string of the molecule is CNCc1cn[nH]c1S(=O)(=O)Nc1cc(C)cc(F)c1. The van der Waals surface area contributed by atoms with Crippen LogP contribution in [-0.4, -0.2) is 25.7 Å². The molecule has 2 rings (SSSR count). The van der Waals surface area contributed by atoms with Gasteiger partial charge >= 0.3 is 0 Å². The van der Waals surface area contributed by atoms with E-state index >= 15 is 0 Å². The number of anilines is 1. The number of benzene rings is 1. The monoisotopic (exact) mass is 298 g/mol. The summed E-state index contributed by atoms with van der Waals surface area (Å²) in [6.45, 7) is 2.04. The number of sulfonamides is 1. The fraction of sp³-hybridized carbons (Fsp3) is 0.250. The first-order valence-electron chi connectivity index (χ1n) is 5.89. The highest BCUT2D eigenvalue weighted by atomic mass is 32.2. The topological polar surface area (TPSA) is 86.9 Å². The fourth-order valence-corrected chi connectivity index (χ4v) is 3.02. The molecule has 1 heterocycles. The predicted molar refractivity (Wildman–Crippen MR) is 73.3 cm³/mol. The first-order chi connectivity index (χ1) is 9.42. The number of aromatic nitrogens is 2. The number of aromatic amines is 1. The summed E-state index contributed by atoms with van der Waals surface area (Å²) in [7, 11) is -2.13. The van der Waals surface area contributed by atoms with Crippen molar-refractivity contribution in [3.8, 4) is 0 Å². The fourth-order valence-electron chi connectivity index (χ4n) is 1.85. The first kappa shape index (κ1) is 14.5. The third kappa shape index (κ3) is 3.14. The molecule has 0 aliphatic rings. The predicted octanol–water partition coefficient (Wildman–Crippen LogP) is 1.38. The Hall–Kier alpha value is -1.93. The van der Waals surface area contributed by atoms with Gasteiger partial charge in [-0.2, -0.15) is 13.5 Å². The van der Waals surface area contributed by atoms with Crippen LogP contribution in [-0.2, 0) is 16.6 Å². The molecule has 1 aromatic heterocycles. The van der Waals surface area contributed by atoms with Crippen LogP contribution in [0.5, 0.6) is 0 Å². The Bertz CT molecular complexity index is 692. The standard InChI is InChI=1S/C12H15FN4O2S/c1-8-3-10(13)5-11(4-8)17-20(18,19)12-9(6-14-2)7-15-16-12/h3-5,7,14,17H,6H2,1-2H3,(H,15,16). The number of nitrogens with one attached hydrogen (secondary N) is 3. The third-order valence-corrected chi connectivity index (χ3v) is 4.00. The molecular weight excluding hydrogens is 283 g/mol. The Morgan fingerprint density at radius 1 is 1.35 bits per heavy atom. The lowest BCUT2D eigenvalue weighted by Gasteiger charge is -2.09. The van der Waals surface area contributed by atoms with Gasteiger partial charge in [0.1, 0.15) is 5.82 Å². The van der Waals surface area contributed by atoms with E-state index in [1.54, 1.807) is 20.0 Å². The molecule has 2 aromatic rings. The Morgan fingerprint density at radius 3 is 2.75 bits per heavy atom. The Kier molecular flexibility index (Phi) is 4.05. The third-order valence-electron chi connectivity index (χ3n) is 2.61. The van der Waals surface area contributed by atoms with Crippen molar-refractivity contribution in [3.63, 3.8) is 0 Å². The number of hydrogen-bond donors (Lipinski definition) is 3. The average Bonchev–Trinajstić information content (AvgIpc) is 2.76. The molecule has 0 spiro atoms. The average molecular weight is 298 g/mol. The number of H-pyrrole nitrogens is 1. The molecule has 3 N–H and O–H groups in total. The second-order valence-corrected chi connectivity index (χ2v) is 6.00. The Balaban J connectivity index is 2.33. The van der Waals surface area contributed by atoms with E-state index < -0.39 is 15.8 Å². The van der Waals surface area contributed by atoms with Crippen molar-refractivity contribution < 1.29 is 12.8 Å². The second-order valence-electron chi connectivity index (χ2n) is 4.38. The zero-order valence-electron chi connectivity index (χ0n) is 11.1. The van der Waals surface area contributed by atoms with Crippen LogP contribution >= 0.6 is 0 Å². The van der Waals surface area contributed by atoms with E-state index in [-0.39, 0.29) is 10.7 Å². The summed E-state index contributed by atoms with van der Waals surface area (Å²) in [5.74, 6) is -0.497. The van der Waals surface area contributed by atoms with Crippen molar-refractivity contribution in [2.24, 2.45) is 0 Å². The maximum absolute atomic E-state index is 13.3. The summed E-state index contributed by atoms with van der Waals surface area (Å²) in [5, 5.41) is 8.99. The molecular formula is C12H15FN4O2S. The zero-order valence-corrected chi connectivity index (χ0v) is 11.9. The lowest BCUT2D eigenvalue weighted by molar-refractivity contribution is 0.595. The van der Waals surface area contributed by atoms with Gasteiger partial charge in [0, 0.05) is 12.1 Å². The summed E-state index contributed by atoms with van der Waals surface area (Å²) < 4.78 is 40.1. The minimum absolute atomic E-state index is 0.0336. The number of halogens is 1. The van der Waals surface area contributed by atoms with Crippen molar-refractivity contribution >= 4 is 15.7 Å². The molecule has 1 aromatic carbocycles. The summed E-state index contributed by atoms with van der Waals surface area (Å²) in [6.07, 6.45) is 1.43. The minimum atomic E-state index is -3.83. The molecule has 0 fully saturated rings. The van der Waals surface area contributed by atoms with E-state index in [0.717, 1.165) is 6.07 Å². The molecule has 0 atom stereocenters. The van der Waals surface area contributed by atoms with Crippen LogP contribution in [0.4, 0.5) is 10.1 Å². The maximum Gasteiger partial charge on any atom is 0.279 e. The highest BCUT2D eigenvalue weighted by molar-refractivity contribution is 7.92. The van der Waals surface area contributed by atoms with Gasteiger partial charge in [-0.1, -0.05) is 0 Å². The van der Waals surface area contributed by atoms with Gasteiger partial charge in [0.15, 0.2) is 5.03 Å². The van der Waals surface area contributed by atoms with Gasteiger partial charge in [-0.05, 0) is 37.7 Å². The van der Waals surface area contributed by atoms with Gasteiger partial charge in [0.2, 0.25) is 0 Å². The van der Waals surface area contributed by atoms with Crippen LogP contribution in [0, 0.1) is 12.7 Å². The summed E-state index contributed by atoms with van der Waals surface area (Å²) in [6, 6.07) is 3.99. The zero-order chi connectivity index (χ0) is 14.8. The van der Waals surface area contributed by atoms with Crippen molar-refractivity contribution in [1.29, 1.82) is 0 Å². The van der Waals surface area contributed by atoms with E-state index in [4.69, 9.17) is 0 Å². The summed E-state index contributed by atoms with van der Waals surface area (Å²) >= 11 is 0. The van der Waals surface area contributed by atoms with Gasteiger partial charge in [0.05, 0.1) is 11.9 Å². The van der Waals surface area contributed by atoms with E-state index in [1.807, 2.05) is 0 Å². The molecule has 20 heavy (non-hydrogen) atoms. The van der Waals surface area contributed by atoms with E-state index in [9.17, 15) is 12.8 Å². The number of aryl methyl sites for hydroxylation is 1. The van der Waals surface area contributed by atoms with Crippen LogP contribution in [0.25, 0.3) is 0 Å². The molecule has 0 aliphatic carbocycles. The van der Waals surface area contributed by atoms with Crippen molar-refractivity contribution in [3.05, 3.63) is 41.3 Å². The number of nitrogens with zero attached hydrogens (tertiary/aromatic N) is 1. The normalized spacial score (nSPS) is 11.6. The van der Waals surface area contributed by atoms with E-state index in [1.165, 1.54) is 12.3 Å². The molecule has 0 saturated carbocycles. The van der Waals surface area contributed by atoms with Gasteiger partial charge in [-0.25, -0.2) is 4.39 Å². The Labute approximate surface area is 116 Å². The van der Waals surface area contributed by atoms with Crippen LogP contribution in [0.15, 0.2) is 29.4 Å². The molecule has 0 radical (unpaired) electrons. The van der Waals surface area contributed by atoms with Crippen LogP contribution < -0.4 is 10.0 Å². The first-order valence-corrected chi connectivity index (χ1v) is 7.37. The van der Waals surface area contributed by atoms with Crippen LogP contribution in [0.1, 0.15) is 11.1 Å². The van der Waals surface area contributed by atoms with Crippen molar-refractivity contribution in [2.45, 2.75) is 18.5 Å². The highest BCUT2D eigenvalue weighted by Crippen LogP contribution is 2.19. The molecule has 8 heteroatoms. The second kappa shape index (κ2) is 5.59. The van der Waals surface area contributed by atoms with E-state index in [2.05, 4.69) is 20.2 Å². The maximum atomic E-state index is 13.3. The Morgan fingerprint density at radius 2 is 2.10 bits per heavy atom. The molecule has 0 saturated heterocycles. The largest absolute Gasteiger partial charge is 0.316 e. The molecule has 0 unspecified atom stereocenters. The smallest absolute Gasteiger partial charge is 0.279 e. The van der Waals surface area contributed by atoms with Gasteiger partial charge in [0.25, 0.3) is 10.0 Å².